The van der Waals surface area contributed by atoms with E-state index in [1.165, 1.54) is 0 Å². The quantitative estimate of drug-likeness (QED) is 0.467. The monoisotopic (exact) mass is 450 g/mol. The van der Waals surface area contributed by atoms with Crippen molar-refractivity contribution in [2.75, 3.05) is 13.1 Å². The van der Waals surface area contributed by atoms with Crippen molar-refractivity contribution >= 4 is 28.6 Å². The molecule has 7 heteroatoms. The van der Waals surface area contributed by atoms with Crippen LogP contribution in [0.4, 0.5) is 4.79 Å². The van der Waals surface area contributed by atoms with Crippen LogP contribution in [0.2, 0.25) is 5.15 Å². The number of ether oxygens (including phenoxy) is 1. The van der Waals surface area contributed by atoms with Crippen molar-refractivity contribution in [1.82, 2.24) is 14.5 Å². The molecule has 4 rings (SSSR count). The van der Waals surface area contributed by atoms with Gasteiger partial charge in [0.25, 0.3) is 0 Å². The largest absolute Gasteiger partial charge is 0.444 e. The number of pyridine rings is 1. The number of nitriles is 1. The van der Waals surface area contributed by atoms with Gasteiger partial charge in [0.15, 0.2) is 0 Å². The van der Waals surface area contributed by atoms with Crippen molar-refractivity contribution in [2.24, 2.45) is 5.92 Å². The highest BCUT2D eigenvalue weighted by molar-refractivity contribution is 6.33. The van der Waals surface area contributed by atoms with Crippen molar-refractivity contribution < 1.29 is 9.53 Å². The predicted octanol–water partition coefficient (Wildman–Crippen LogP) is 5.88. The fourth-order valence-electron chi connectivity index (χ4n) is 4.18. The van der Waals surface area contributed by atoms with E-state index >= 15 is 0 Å². The molecule has 0 unspecified atom stereocenters. The molecule has 3 heterocycles. The molecule has 0 aliphatic carbocycles. The van der Waals surface area contributed by atoms with Crippen LogP contribution >= 0.6 is 11.6 Å². The summed E-state index contributed by atoms with van der Waals surface area (Å²) in [5, 5.41) is 10.6. The second-order valence-electron chi connectivity index (χ2n) is 9.29. The summed E-state index contributed by atoms with van der Waals surface area (Å²) >= 11 is 6.47. The van der Waals surface area contributed by atoms with Crippen molar-refractivity contribution in [3.63, 3.8) is 0 Å². The topological polar surface area (TPSA) is 71.2 Å². The number of nitrogens with zero attached hydrogens (tertiary/aromatic N) is 4. The molecule has 1 amide bonds. The lowest BCUT2D eigenvalue weighted by Gasteiger charge is -2.33. The molecule has 0 bridgehead atoms. The van der Waals surface area contributed by atoms with Crippen LogP contribution in [-0.4, -0.2) is 39.2 Å². The normalized spacial score (nSPS) is 15.0. The summed E-state index contributed by atoms with van der Waals surface area (Å²) in [5.41, 5.74) is 2.99. The number of hydrogen-bond donors (Lipinski definition) is 0. The number of halogens is 1. The Morgan fingerprint density at radius 2 is 1.91 bits per heavy atom. The first-order valence-corrected chi connectivity index (χ1v) is 11.2. The standard InChI is InChI=1S/C25H27ClN4O2/c1-25(2,3)32-24(31)29-11-8-18(9-12-29)16-30-13-10-20-21(30)15-28-23(26)22(20)19-6-4-17(14-27)5-7-19/h4-7,10,13,15,18H,8-9,11-12,16H2,1-3H3. The summed E-state index contributed by atoms with van der Waals surface area (Å²) in [5.74, 6) is 0.471. The second kappa shape index (κ2) is 8.84. The number of likely N-dealkylation sites (tertiary alicyclic amines) is 1. The van der Waals surface area contributed by atoms with Gasteiger partial charge in [-0.25, -0.2) is 9.78 Å². The minimum absolute atomic E-state index is 0.228. The molecule has 166 valence electrons. The molecule has 1 aliphatic heterocycles. The minimum Gasteiger partial charge on any atom is -0.444 e. The molecule has 0 atom stereocenters. The Bertz CT molecular complexity index is 1160. The average molecular weight is 451 g/mol. The number of fused-ring (bicyclic) bond motifs is 1. The van der Waals surface area contributed by atoms with Crippen LogP contribution in [-0.2, 0) is 11.3 Å². The molecule has 32 heavy (non-hydrogen) atoms. The Morgan fingerprint density at radius 1 is 1.22 bits per heavy atom. The van der Waals surface area contributed by atoms with E-state index in [2.05, 4.69) is 27.9 Å². The summed E-state index contributed by atoms with van der Waals surface area (Å²) in [6.07, 6.45) is 5.54. The van der Waals surface area contributed by atoms with E-state index in [-0.39, 0.29) is 6.09 Å². The number of rotatable bonds is 3. The van der Waals surface area contributed by atoms with Gasteiger partial charge in [0.2, 0.25) is 0 Å². The smallest absolute Gasteiger partial charge is 0.410 e. The summed E-state index contributed by atoms with van der Waals surface area (Å²) < 4.78 is 7.72. The summed E-state index contributed by atoms with van der Waals surface area (Å²) in [6, 6.07) is 11.6. The molecule has 2 aromatic heterocycles. The molecule has 0 spiro atoms. The molecule has 0 saturated carbocycles. The van der Waals surface area contributed by atoms with Gasteiger partial charge in [-0.05, 0) is 63.3 Å². The Kier molecular flexibility index (Phi) is 6.12. The van der Waals surface area contributed by atoms with E-state index in [0.717, 1.165) is 41.4 Å². The van der Waals surface area contributed by atoms with Gasteiger partial charge in [-0.3, -0.25) is 0 Å². The number of amides is 1. The van der Waals surface area contributed by atoms with Crippen LogP contribution < -0.4 is 0 Å². The van der Waals surface area contributed by atoms with Gasteiger partial charge < -0.3 is 14.2 Å². The van der Waals surface area contributed by atoms with E-state index in [1.807, 2.05) is 39.1 Å². The molecule has 1 aromatic carbocycles. The fraction of sp³-hybridized carbons (Fsp3) is 0.400. The van der Waals surface area contributed by atoms with Crippen molar-refractivity contribution in [1.29, 1.82) is 5.26 Å². The zero-order valence-corrected chi connectivity index (χ0v) is 19.4. The zero-order chi connectivity index (χ0) is 22.9. The third-order valence-corrected chi connectivity index (χ3v) is 6.09. The number of benzene rings is 1. The van der Waals surface area contributed by atoms with Crippen molar-refractivity contribution in [2.45, 2.75) is 45.8 Å². The number of aromatic nitrogens is 2. The third-order valence-electron chi connectivity index (χ3n) is 5.81. The lowest BCUT2D eigenvalue weighted by atomic mass is 9.97. The molecular formula is C25H27ClN4O2. The Morgan fingerprint density at radius 3 is 2.53 bits per heavy atom. The highest BCUT2D eigenvalue weighted by Crippen LogP contribution is 2.35. The van der Waals surface area contributed by atoms with E-state index < -0.39 is 5.60 Å². The third kappa shape index (κ3) is 4.73. The van der Waals surface area contributed by atoms with Gasteiger partial charge in [0.05, 0.1) is 23.3 Å². The summed E-state index contributed by atoms with van der Waals surface area (Å²) in [7, 11) is 0. The molecule has 1 fully saturated rings. The van der Waals surface area contributed by atoms with E-state index in [1.54, 1.807) is 17.0 Å². The van der Waals surface area contributed by atoms with Gasteiger partial charge in [-0.2, -0.15) is 5.26 Å². The van der Waals surface area contributed by atoms with E-state index in [9.17, 15) is 4.79 Å². The first-order chi connectivity index (χ1) is 15.2. The Balaban J connectivity index is 1.50. The maximum atomic E-state index is 12.3. The van der Waals surface area contributed by atoms with Crippen LogP contribution in [0.1, 0.15) is 39.2 Å². The van der Waals surface area contributed by atoms with Gasteiger partial charge in [-0.15, -0.1) is 0 Å². The van der Waals surface area contributed by atoms with Crippen molar-refractivity contribution in [3.8, 4) is 17.2 Å². The summed E-state index contributed by atoms with van der Waals surface area (Å²) in [6.45, 7) is 7.95. The molecule has 0 N–H and O–H groups in total. The van der Waals surface area contributed by atoms with Gasteiger partial charge in [0, 0.05) is 36.8 Å². The van der Waals surface area contributed by atoms with Gasteiger partial charge >= 0.3 is 6.09 Å². The van der Waals surface area contributed by atoms with Crippen LogP contribution in [0.5, 0.6) is 0 Å². The average Bonchev–Trinajstić information content (AvgIpc) is 3.15. The van der Waals surface area contributed by atoms with Gasteiger partial charge in [0.1, 0.15) is 10.8 Å². The lowest BCUT2D eigenvalue weighted by molar-refractivity contribution is 0.0178. The van der Waals surface area contributed by atoms with E-state index in [0.29, 0.717) is 29.7 Å². The van der Waals surface area contributed by atoms with Crippen LogP contribution in [0, 0.1) is 17.2 Å². The number of carbonyl (C=O) groups is 1. The maximum absolute atomic E-state index is 12.3. The molecule has 3 aromatic rings. The minimum atomic E-state index is -0.473. The predicted molar refractivity (Wildman–Crippen MR) is 125 cm³/mol. The van der Waals surface area contributed by atoms with Crippen LogP contribution in [0.25, 0.3) is 22.0 Å². The molecular weight excluding hydrogens is 424 g/mol. The lowest BCUT2D eigenvalue weighted by Crippen LogP contribution is -2.42. The van der Waals surface area contributed by atoms with E-state index in [4.69, 9.17) is 21.6 Å². The number of piperidine rings is 1. The highest BCUT2D eigenvalue weighted by atomic mass is 35.5. The molecule has 6 nitrogen and oxygen atoms in total. The molecule has 0 radical (unpaired) electrons. The molecule has 1 aliphatic rings. The number of carbonyl (C=O) groups excluding carboxylic acids is 1. The van der Waals surface area contributed by atoms with Crippen LogP contribution in [0.3, 0.4) is 0 Å². The summed E-state index contributed by atoms with van der Waals surface area (Å²) in [4.78, 5) is 18.6. The maximum Gasteiger partial charge on any atom is 0.410 e. The SMILES string of the molecule is CC(C)(C)OC(=O)N1CCC(Cn2ccc3c(-c4ccc(C#N)cc4)c(Cl)ncc32)CC1. The second-order valence-corrected chi connectivity index (χ2v) is 9.65. The first-order valence-electron chi connectivity index (χ1n) is 10.9. The van der Waals surface area contributed by atoms with Crippen molar-refractivity contribution in [3.05, 3.63) is 53.4 Å². The first kappa shape index (κ1) is 22.2. The Labute approximate surface area is 193 Å². The van der Waals surface area contributed by atoms with Crippen LogP contribution in [0.15, 0.2) is 42.7 Å². The Hall–Kier alpha value is -3.04. The molecule has 1 saturated heterocycles. The highest BCUT2D eigenvalue weighted by Gasteiger charge is 2.27. The fourth-order valence-corrected chi connectivity index (χ4v) is 4.44. The van der Waals surface area contributed by atoms with Gasteiger partial charge in [-0.1, -0.05) is 23.7 Å². The zero-order valence-electron chi connectivity index (χ0n) is 18.6. The number of hydrogen-bond acceptors (Lipinski definition) is 4.